The van der Waals surface area contributed by atoms with Crippen LogP contribution in [0, 0.1) is 11.8 Å². The van der Waals surface area contributed by atoms with E-state index in [2.05, 4.69) is 134 Å². The molecule has 3 heteroatoms. The van der Waals surface area contributed by atoms with Crippen molar-refractivity contribution in [2.75, 3.05) is 14.1 Å². The van der Waals surface area contributed by atoms with Gasteiger partial charge in [-0.25, -0.2) is 0 Å². The summed E-state index contributed by atoms with van der Waals surface area (Å²) in [5, 5.41) is 2.73. The van der Waals surface area contributed by atoms with E-state index in [1.807, 2.05) is 0 Å². The molecule has 0 amide bonds. The molecule has 3 atom stereocenters. The van der Waals surface area contributed by atoms with Crippen molar-refractivity contribution < 1.29 is 4.74 Å². The minimum absolute atomic E-state index is 0.499. The van der Waals surface area contributed by atoms with Crippen LogP contribution in [-0.4, -0.2) is 19.0 Å². The van der Waals surface area contributed by atoms with Crippen molar-refractivity contribution in [3.05, 3.63) is 138 Å². The summed E-state index contributed by atoms with van der Waals surface area (Å²) in [6, 6.07) is 24.3. The molecule has 0 spiro atoms. The summed E-state index contributed by atoms with van der Waals surface area (Å²) < 4.78 is 6.76. The highest BCUT2D eigenvalue weighted by molar-refractivity contribution is 7.55. The van der Waals surface area contributed by atoms with Crippen LogP contribution in [0.2, 0.25) is 0 Å². The van der Waals surface area contributed by atoms with E-state index >= 15 is 0 Å². The normalized spacial score (nSPS) is 18.4. The molecule has 0 heterocycles. The molecule has 200 valence electrons. The number of benzene rings is 3. The van der Waals surface area contributed by atoms with Crippen molar-refractivity contribution >= 4 is 19.2 Å². The second-order valence-corrected chi connectivity index (χ2v) is 12.3. The first-order valence-corrected chi connectivity index (χ1v) is 15.1. The fourth-order valence-corrected chi connectivity index (χ4v) is 6.83. The molecule has 0 bridgehead atoms. The Morgan fingerprint density at radius 1 is 0.718 bits per heavy atom. The van der Waals surface area contributed by atoms with E-state index in [1.54, 1.807) is 0 Å². The second kappa shape index (κ2) is 13.7. The molecule has 0 fully saturated rings. The van der Waals surface area contributed by atoms with E-state index in [0.717, 1.165) is 38.0 Å². The molecule has 5 rings (SSSR count). The summed E-state index contributed by atoms with van der Waals surface area (Å²) in [6.45, 7) is 1.52. The Hall–Kier alpha value is -3.19. The summed E-state index contributed by atoms with van der Waals surface area (Å²) in [6.07, 6.45) is 22.3. The standard InChI is InChI=1S/C36H40NOP/c1-37(2)26-32-20-12-13-21-34(32)39-35-25-31(22-28-14-6-3-7-15-28)24-33(23-29-16-8-4-9-17-29)36(35)38-27-30-18-10-5-11-19-30/h3-14,16,18-21,24-25,28-29,39H,15,17,22-23,26-27H2,1-2H3. The van der Waals surface area contributed by atoms with Crippen LogP contribution in [0.1, 0.15) is 35.1 Å². The molecule has 2 aliphatic rings. The third-order valence-electron chi connectivity index (χ3n) is 7.34. The first-order valence-electron chi connectivity index (χ1n) is 14.1. The van der Waals surface area contributed by atoms with Crippen LogP contribution < -0.4 is 15.3 Å². The Morgan fingerprint density at radius 2 is 1.41 bits per heavy atom. The quantitative estimate of drug-likeness (QED) is 0.240. The highest BCUT2D eigenvalue weighted by atomic mass is 31.1. The van der Waals surface area contributed by atoms with E-state index in [-0.39, 0.29) is 0 Å². The Morgan fingerprint density at radius 3 is 2.10 bits per heavy atom. The molecule has 0 saturated heterocycles. The number of hydrogen-bond acceptors (Lipinski definition) is 2. The fraction of sp³-hybridized carbons (Fsp3) is 0.278. The van der Waals surface area contributed by atoms with Gasteiger partial charge in [0.15, 0.2) is 0 Å². The zero-order chi connectivity index (χ0) is 26.9. The van der Waals surface area contributed by atoms with Gasteiger partial charge >= 0.3 is 0 Å². The van der Waals surface area contributed by atoms with Crippen LogP contribution in [0.4, 0.5) is 0 Å². The van der Waals surface area contributed by atoms with Crippen molar-refractivity contribution in [1.82, 2.24) is 4.90 Å². The van der Waals surface area contributed by atoms with Crippen LogP contribution in [0.3, 0.4) is 0 Å². The number of ether oxygens (including phenoxy) is 1. The molecule has 0 aliphatic heterocycles. The van der Waals surface area contributed by atoms with E-state index in [9.17, 15) is 0 Å². The first-order chi connectivity index (χ1) is 19.1. The lowest BCUT2D eigenvalue weighted by Crippen LogP contribution is -2.19. The topological polar surface area (TPSA) is 12.5 Å². The molecule has 2 nitrogen and oxygen atoms in total. The molecule has 0 saturated carbocycles. The third-order valence-corrected chi connectivity index (χ3v) is 8.74. The Bertz CT molecular complexity index is 1350. The van der Waals surface area contributed by atoms with Gasteiger partial charge in [-0.3, -0.25) is 0 Å². The van der Waals surface area contributed by atoms with Gasteiger partial charge in [0.1, 0.15) is 12.4 Å². The molecule has 39 heavy (non-hydrogen) atoms. The molecule has 0 radical (unpaired) electrons. The van der Waals surface area contributed by atoms with Gasteiger partial charge in [-0.2, -0.15) is 0 Å². The van der Waals surface area contributed by atoms with E-state index < -0.39 is 0 Å². The monoisotopic (exact) mass is 533 g/mol. The van der Waals surface area contributed by atoms with Crippen molar-refractivity contribution in [1.29, 1.82) is 0 Å². The number of allylic oxidation sites excluding steroid dienone is 8. The predicted molar refractivity (Wildman–Crippen MR) is 169 cm³/mol. The van der Waals surface area contributed by atoms with Gasteiger partial charge < -0.3 is 9.64 Å². The maximum Gasteiger partial charge on any atom is 0.130 e. The Kier molecular flexibility index (Phi) is 9.65. The number of hydrogen-bond donors (Lipinski definition) is 0. The summed E-state index contributed by atoms with van der Waals surface area (Å²) >= 11 is 0. The van der Waals surface area contributed by atoms with Crippen molar-refractivity contribution in [3.8, 4) is 5.75 Å². The Balaban J connectivity index is 1.54. The van der Waals surface area contributed by atoms with E-state index in [1.165, 1.54) is 32.9 Å². The highest BCUT2D eigenvalue weighted by Gasteiger charge is 2.19. The summed E-state index contributed by atoms with van der Waals surface area (Å²) in [4.78, 5) is 2.25. The zero-order valence-electron chi connectivity index (χ0n) is 23.2. The summed E-state index contributed by atoms with van der Waals surface area (Å²) in [5.74, 6) is 2.13. The second-order valence-electron chi connectivity index (χ2n) is 11.0. The van der Waals surface area contributed by atoms with Crippen LogP contribution in [-0.2, 0) is 26.0 Å². The minimum atomic E-state index is 0.499. The van der Waals surface area contributed by atoms with Crippen molar-refractivity contribution in [2.24, 2.45) is 11.8 Å². The largest absolute Gasteiger partial charge is 0.488 e. The first kappa shape index (κ1) is 27.4. The molecule has 2 aliphatic carbocycles. The predicted octanol–water partition coefficient (Wildman–Crippen LogP) is 7.31. The molecule has 0 aromatic heterocycles. The van der Waals surface area contributed by atoms with Crippen molar-refractivity contribution in [2.45, 2.75) is 38.8 Å². The average Bonchev–Trinajstić information content (AvgIpc) is 2.95. The smallest absolute Gasteiger partial charge is 0.130 e. The van der Waals surface area contributed by atoms with Gasteiger partial charge in [0.05, 0.1) is 0 Å². The average molecular weight is 534 g/mol. The van der Waals surface area contributed by atoms with E-state index in [4.69, 9.17) is 4.74 Å². The fourth-order valence-electron chi connectivity index (χ4n) is 5.43. The van der Waals surface area contributed by atoms with Gasteiger partial charge in [0.25, 0.3) is 0 Å². The number of nitrogens with zero attached hydrogens (tertiary/aromatic N) is 1. The van der Waals surface area contributed by atoms with Crippen LogP contribution in [0.15, 0.2) is 115 Å². The van der Waals surface area contributed by atoms with Gasteiger partial charge in [0.2, 0.25) is 0 Å². The maximum atomic E-state index is 6.76. The lowest BCUT2D eigenvalue weighted by atomic mass is 9.89. The lowest BCUT2D eigenvalue weighted by Gasteiger charge is -2.23. The molecular formula is C36H40NOP. The minimum Gasteiger partial charge on any atom is -0.488 e. The molecule has 3 unspecified atom stereocenters. The summed E-state index contributed by atoms with van der Waals surface area (Å²) in [5.41, 5.74) is 5.36. The molecule has 0 N–H and O–H groups in total. The lowest BCUT2D eigenvalue weighted by molar-refractivity contribution is 0.304. The van der Waals surface area contributed by atoms with Crippen LogP contribution >= 0.6 is 8.58 Å². The van der Waals surface area contributed by atoms with Gasteiger partial charge in [-0.05, 0) is 85.2 Å². The molecular weight excluding hydrogens is 493 g/mol. The van der Waals surface area contributed by atoms with Gasteiger partial charge in [-0.1, -0.05) is 118 Å². The summed E-state index contributed by atoms with van der Waals surface area (Å²) in [7, 11) is 4.83. The zero-order valence-corrected chi connectivity index (χ0v) is 24.2. The Labute approximate surface area is 236 Å². The van der Waals surface area contributed by atoms with Gasteiger partial charge in [-0.15, -0.1) is 0 Å². The molecule has 3 aromatic rings. The van der Waals surface area contributed by atoms with Gasteiger partial charge in [0, 0.05) is 11.8 Å². The van der Waals surface area contributed by atoms with E-state index in [0.29, 0.717) is 27.0 Å². The highest BCUT2D eigenvalue weighted by Crippen LogP contribution is 2.32. The van der Waals surface area contributed by atoms with Crippen LogP contribution in [0.25, 0.3) is 0 Å². The van der Waals surface area contributed by atoms with Crippen molar-refractivity contribution in [3.63, 3.8) is 0 Å². The maximum absolute atomic E-state index is 6.76. The third kappa shape index (κ3) is 7.91. The SMILES string of the molecule is CN(C)Cc1ccccc1Pc1cc(CC2C=CC=CC2)cc(CC2C=CC=CC2)c1OCc1ccccc1. The molecule has 3 aromatic carbocycles. The van der Waals surface area contributed by atoms with Crippen LogP contribution in [0.5, 0.6) is 5.75 Å². The number of rotatable bonds is 11.